The summed E-state index contributed by atoms with van der Waals surface area (Å²) in [6.45, 7) is 11.4. The summed E-state index contributed by atoms with van der Waals surface area (Å²) in [6, 6.07) is 0. The fourth-order valence-electron chi connectivity index (χ4n) is 0.250. The van der Waals surface area contributed by atoms with E-state index < -0.39 is 0 Å². The van der Waals surface area contributed by atoms with Gasteiger partial charge in [0.2, 0.25) is 0 Å². The standard InChI is InChI=1S/C4H11N.C2H5/c1-3-5-4-2;1-2/h5H,3-4H2,1-2H3;1H2,2H3. The van der Waals surface area contributed by atoms with Crippen LogP contribution in [0.3, 0.4) is 0 Å². The summed E-state index contributed by atoms with van der Waals surface area (Å²) < 4.78 is 0. The van der Waals surface area contributed by atoms with Gasteiger partial charge in [-0.25, -0.2) is 0 Å². The Morgan fingerprint density at radius 3 is 1.43 bits per heavy atom. The summed E-state index contributed by atoms with van der Waals surface area (Å²) in [6.07, 6.45) is 0. The first-order chi connectivity index (χ1) is 3.41. The Labute approximate surface area is 47.1 Å². The van der Waals surface area contributed by atoms with Crippen molar-refractivity contribution in [1.82, 2.24) is 5.32 Å². The molecule has 0 saturated carbocycles. The van der Waals surface area contributed by atoms with Crippen molar-refractivity contribution in [3.05, 3.63) is 6.92 Å². The van der Waals surface area contributed by atoms with Gasteiger partial charge < -0.3 is 5.32 Å². The lowest BCUT2D eigenvalue weighted by Gasteiger charge is -1.86. The minimum Gasteiger partial charge on any atom is -0.317 e. The molecule has 0 saturated heterocycles. The Bertz CT molecular complexity index is 11.7. The zero-order chi connectivity index (χ0) is 6.12. The second kappa shape index (κ2) is 16.7. The molecule has 0 atom stereocenters. The maximum atomic E-state index is 3.25. The van der Waals surface area contributed by atoms with Crippen molar-refractivity contribution in [2.24, 2.45) is 0 Å². The molecule has 1 N–H and O–H groups in total. The Hall–Kier alpha value is -0.0400. The summed E-state index contributed by atoms with van der Waals surface area (Å²) >= 11 is 0. The molecule has 0 aliphatic heterocycles. The highest BCUT2D eigenvalue weighted by molar-refractivity contribution is 4.27. The Kier molecular flexibility index (Phi) is 24.0. The van der Waals surface area contributed by atoms with Gasteiger partial charge in [-0.1, -0.05) is 27.7 Å². The molecule has 0 aromatic heterocycles. The highest BCUT2D eigenvalue weighted by atomic mass is 14.8. The van der Waals surface area contributed by atoms with Crippen LogP contribution in [0.2, 0.25) is 0 Å². The van der Waals surface area contributed by atoms with Crippen LogP contribution < -0.4 is 5.32 Å². The van der Waals surface area contributed by atoms with Gasteiger partial charge in [-0.2, -0.15) is 0 Å². The Morgan fingerprint density at radius 1 is 1.14 bits per heavy atom. The zero-order valence-corrected chi connectivity index (χ0v) is 5.62. The van der Waals surface area contributed by atoms with Gasteiger partial charge in [-0.3, -0.25) is 0 Å². The minimum atomic E-state index is 1.09. The predicted molar refractivity (Wildman–Crippen MR) is 35.2 cm³/mol. The van der Waals surface area contributed by atoms with Gasteiger partial charge in [0.05, 0.1) is 0 Å². The second-order valence-corrected chi connectivity index (χ2v) is 0.957. The molecule has 0 unspecified atom stereocenters. The van der Waals surface area contributed by atoms with Gasteiger partial charge in [-0.15, -0.1) is 0 Å². The summed E-state index contributed by atoms with van der Waals surface area (Å²) in [7, 11) is 0. The van der Waals surface area contributed by atoms with E-state index in [9.17, 15) is 0 Å². The van der Waals surface area contributed by atoms with Crippen LogP contribution >= 0.6 is 0 Å². The average molecular weight is 102 g/mol. The van der Waals surface area contributed by atoms with E-state index in [-0.39, 0.29) is 0 Å². The van der Waals surface area contributed by atoms with Gasteiger partial charge in [-0.05, 0) is 13.1 Å². The molecule has 0 bridgehead atoms. The average Bonchev–Trinajstić information content (AvgIpc) is 1.75. The van der Waals surface area contributed by atoms with E-state index >= 15 is 0 Å². The molecule has 1 nitrogen and oxygen atoms in total. The first-order valence-corrected chi connectivity index (χ1v) is 2.83. The van der Waals surface area contributed by atoms with Crippen molar-refractivity contribution in [2.45, 2.75) is 20.8 Å². The monoisotopic (exact) mass is 102 g/mol. The molecular formula is C6H16N. The lowest BCUT2D eigenvalue weighted by atomic mass is 10.7. The quantitative estimate of drug-likeness (QED) is 0.556. The van der Waals surface area contributed by atoms with Crippen LogP contribution in [0.4, 0.5) is 0 Å². The summed E-state index contributed by atoms with van der Waals surface area (Å²) in [5.74, 6) is 0. The highest BCUT2D eigenvalue weighted by Gasteiger charge is 1.62. The van der Waals surface area contributed by atoms with Gasteiger partial charge in [0.25, 0.3) is 0 Å². The van der Waals surface area contributed by atoms with Crippen molar-refractivity contribution in [2.75, 3.05) is 13.1 Å². The Balaban J connectivity index is 0. The SMILES string of the molecule is CCNCC.[CH2]C. The van der Waals surface area contributed by atoms with Crippen LogP contribution in [-0.4, -0.2) is 13.1 Å². The fraction of sp³-hybridized carbons (Fsp3) is 0.833. The predicted octanol–water partition coefficient (Wildman–Crippen LogP) is 1.46. The maximum Gasteiger partial charge on any atom is -0.00775 e. The molecule has 0 aromatic rings. The summed E-state index contributed by atoms with van der Waals surface area (Å²) in [4.78, 5) is 0. The molecule has 0 rings (SSSR count). The van der Waals surface area contributed by atoms with Gasteiger partial charge >= 0.3 is 0 Å². The number of hydrogen-bond donors (Lipinski definition) is 1. The van der Waals surface area contributed by atoms with Crippen LogP contribution in [-0.2, 0) is 0 Å². The second-order valence-electron chi connectivity index (χ2n) is 0.957. The topological polar surface area (TPSA) is 12.0 Å². The van der Waals surface area contributed by atoms with Crippen molar-refractivity contribution in [1.29, 1.82) is 0 Å². The molecule has 1 heteroatoms. The molecule has 0 aliphatic carbocycles. The third-order valence-corrected chi connectivity index (χ3v) is 0.500. The zero-order valence-electron chi connectivity index (χ0n) is 5.62. The molecule has 45 valence electrons. The highest BCUT2D eigenvalue weighted by Crippen LogP contribution is 1.47. The molecule has 1 radical (unpaired) electrons. The van der Waals surface area contributed by atoms with E-state index in [1.165, 1.54) is 0 Å². The Morgan fingerprint density at radius 2 is 1.43 bits per heavy atom. The molecular weight excluding hydrogens is 86.1 g/mol. The van der Waals surface area contributed by atoms with E-state index in [1.54, 1.807) is 6.92 Å². The largest absolute Gasteiger partial charge is 0.317 e. The van der Waals surface area contributed by atoms with E-state index in [1.807, 2.05) is 0 Å². The van der Waals surface area contributed by atoms with Gasteiger partial charge in [0.1, 0.15) is 0 Å². The van der Waals surface area contributed by atoms with Gasteiger partial charge in [0.15, 0.2) is 0 Å². The minimum absolute atomic E-state index is 1.09. The van der Waals surface area contributed by atoms with Gasteiger partial charge in [0, 0.05) is 0 Å². The molecule has 7 heavy (non-hydrogen) atoms. The third-order valence-electron chi connectivity index (χ3n) is 0.500. The van der Waals surface area contributed by atoms with Crippen molar-refractivity contribution in [3.63, 3.8) is 0 Å². The fourth-order valence-corrected chi connectivity index (χ4v) is 0.250. The molecule has 0 heterocycles. The number of hydrogen-bond acceptors (Lipinski definition) is 1. The molecule has 0 amide bonds. The van der Waals surface area contributed by atoms with Crippen LogP contribution in [0, 0.1) is 6.92 Å². The number of rotatable bonds is 2. The van der Waals surface area contributed by atoms with Crippen LogP contribution in [0.25, 0.3) is 0 Å². The van der Waals surface area contributed by atoms with E-state index in [0.29, 0.717) is 0 Å². The van der Waals surface area contributed by atoms with Crippen molar-refractivity contribution >= 4 is 0 Å². The molecule has 0 aromatic carbocycles. The number of nitrogens with one attached hydrogen (secondary N) is 1. The molecule has 0 fully saturated rings. The maximum absolute atomic E-state index is 3.25. The molecule has 0 spiro atoms. The van der Waals surface area contributed by atoms with Crippen LogP contribution in [0.15, 0.2) is 0 Å². The normalized spacial score (nSPS) is 6.86. The molecule has 0 aliphatic rings. The van der Waals surface area contributed by atoms with Crippen LogP contribution in [0.1, 0.15) is 20.8 Å². The summed E-state index contributed by atoms with van der Waals surface area (Å²) in [5, 5.41) is 3.11. The lowest BCUT2D eigenvalue weighted by molar-refractivity contribution is 0.762. The first-order valence-electron chi connectivity index (χ1n) is 2.83. The van der Waals surface area contributed by atoms with Crippen molar-refractivity contribution in [3.8, 4) is 0 Å². The van der Waals surface area contributed by atoms with Crippen molar-refractivity contribution < 1.29 is 0 Å². The van der Waals surface area contributed by atoms with E-state index in [2.05, 4.69) is 26.1 Å². The third kappa shape index (κ3) is 24.3. The van der Waals surface area contributed by atoms with Crippen LogP contribution in [0.5, 0.6) is 0 Å². The van der Waals surface area contributed by atoms with E-state index in [0.717, 1.165) is 13.1 Å². The smallest absolute Gasteiger partial charge is 0.00775 e. The van der Waals surface area contributed by atoms with E-state index in [4.69, 9.17) is 0 Å². The lowest BCUT2D eigenvalue weighted by Crippen LogP contribution is -2.09. The first kappa shape index (κ1) is 10.0. The summed E-state index contributed by atoms with van der Waals surface area (Å²) in [5.41, 5.74) is 0.